The van der Waals surface area contributed by atoms with Gasteiger partial charge in [0.25, 0.3) is 0 Å². The zero-order valence-corrected chi connectivity index (χ0v) is 27.4. The fraction of sp³-hybridized carbons (Fsp3) is 0.586. The lowest BCUT2D eigenvalue weighted by atomic mass is 9.78. The molecule has 0 atom stereocenters. The van der Waals surface area contributed by atoms with E-state index in [1.165, 1.54) is 62.4 Å². The zero-order valence-electron chi connectivity index (χ0n) is 24.2. The summed E-state index contributed by atoms with van der Waals surface area (Å²) in [5.74, 6) is -1.28. The maximum atomic E-state index is 15.2. The molecule has 0 unspecified atom stereocenters. The highest BCUT2D eigenvalue weighted by Crippen LogP contribution is 2.47. The summed E-state index contributed by atoms with van der Waals surface area (Å²) in [6.07, 6.45) is 2.86. The van der Waals surface area contributed by atoms with E-state index < -0.39 is 52.1 Å². The molecule has 2 aromatic carbocycles. The standard InChI is InChI=1S/C15H20F2O2S.C14H18ClF2NO2S.ClH/c1-14(2,15(17)9-4-3-5-10-15)20(18,19)13-8-6-7-12(16)11-13;1-13(2,14(17)6-8-18(15)9-7-14)21(19,20)12-5-3-4-11(16)10-12;/h6-8,11H,3-5,9-10H2,1-2H3;3-5,10H,6-9H2,1-2H3;1H. The van der Waals surface area contributed by atoms with Crippen LogP contribution in [0.5, 0.6) is 0 Å². The Bertz CT molecular complexity index is 1440. The van der Waals surface area contributed by atoms with Crippen LogP contribution in [0.4, 0.5) is 17.6 Å². The normalized spacial score (nSPS) is 19.6. The van der Waals surface area contributed by atoms with Crippen LogP contribution in [-0.4, -0.2) is 55.2 Å². The number of benzene rings is 2. The minimum Gasteiger partial charge on any atom is -0.242 e. The molecule has 2 aliphatic rings. The summed E-state index contributed by atoms with van der Waals surface area (Å²) in [7, 11) is -7.95. The van der Waals surface area contributed by atoms with Gasteiger partial charge in [0.05, 0.1) is 9.79 Å². The Labute approximate surface area is 258 Å². The van der Waals surface area contributed by atoms with E-state index in [4.69, 9.17) is 11.8 Å². The van der Waals surface area contributed by atoms with Crippen LogP contribution >= 0.6 is 24.2 Å². The molecule has 0 radical (unpaired) electrons. The molecular formula is C29H39Cl2F4NO4S2. The maximum absolute atomic E-state index is 15.2. The predicted molar refractivity (Wildman–Crippen MR) is 160 cm³/mol. The molecule has 1 saturated carbocycles. The highest BCUT2D eigenvalue weighted by atomic mass is 35.5. The third-order valence-corrected chi connectivity index (χ3v) is 14.4. The maximum Gasteiger partial charge on any atom is 0.186 e. The second-order valence-electron chi connectivity index (χ2n) is 11.8. The fourth-order valence-electron chi connectivity index (χ4n) is 5.49. The van der Waals surface area contributed by atoms with Crippen molar-refractivity contribution in [1.29, 1.82) is 0 Å². The average Bonchev–Trinajstić information content (AvgIpc) is 2.91. The Hall–Kier alpha value is -1.40. The van der Waals surface area contributed by atoms with Gasteiger partial charge in [-0.15, -0.1) is 12.4 Å². The van der Waals surface area contributed by atoms with Gasteiger partial charge in [0.15, 0.2) is 19.7 Å². The van der Waals surface area contributed by atoms with Crippen molar-refractivity contribution in [2.75, 3.05) is 13.1 Å². The summed E-state index contributed by atoms with van der Waals surface area (Å²) in [5.41, 5.74) is -3.65. The number of nitrogens with zero attached hydrogens (tertiary/aromatic N) is 1. The third-order valence-electron chi connectivity index (χ3n) is 8.86. The minimum atomic E-state index is -4.01. The van der Waals surface area contributed by atoms with Gasteiger partial charge in [-0.25, -0.2) is 38.8 Å². The summed E-state index contributed by atoms with van der Waals surface area (Å²) in [4.78, 5) is -0.345. The predicted octanol–water partition coefficient (Wildman–Crippen LogP) is 7.81. The smallest absolute Gasteiger partial charge is 0.186 e. The van der Waals surface area contributed by atoms with E-state index in [1.807, 2.05) is 0 Å². The van der Waals surface area contributed by atoms with E-state index in [0.29, 0.717) is 12.8 Å². The van der Waals surface area contributed by atoms with Crippen molar-refractivity contribution >= 4 is 43.9 Å². The first-order chi connectivity index (χ1) is 18.8. The third kappa shape index (κ3) is 6.95. The van der Waals surface area contributed by atoms with Crippen molar-refractivity contribution in [3.63, 3.8) is 0 Å². The van der Waals surface area contributed by atoms with Gasteiger partial charge >= 0.3 is 0 Å². The van der Waals surface area contributed by atoms with Gasteiger partial charge in [-0.3, -0.25) is 0 Å². The van der Waals surface area contributed by atoms with Crippen LogP contribution in [0.25, 0.3) is 0 Å². The quantitative estimate of drug-likeness (QED) is 0.231. The molecule has 5 nitrogen and oxygen atoms in total. The van der Waals surface area contributed by atoms with Crippen LogP contribution in [0.15, 0.2) is 58.3 Å². The molecule has 42 heavy (non-hydrogen) atoms. The van der Waals surface area contributed by atoms with Crippen molar-refractivity contribution in [1.82, 2.24) is 4.42 Å². The molecule has 1 heterocycles. The molecule has 0 aromatic heterocycles. The molecule has 0 bridgehead atoms. The second-order valence-corrected chi connectivity index (χ2v) is 17.3. The van der Waals surface area contributed by atoms with Gasteiger partial charge in [0.2, 0.25) is 0 Å². The van der Waals surface area contributed by atoms with E-state index in [9.17, 15) is 25.6 Å². The Balaban J connectivity index is 0.000000287. The van der Waals surface area contributed by atoms with E-state index in [2.05, 4.69) is 0 Å². The molecule has 1 saturated heterocycles. The van der Waals surface area contributed by atoms with Gasteiger partial charge in [0, 0.05) is 13.1 Å². The molecule has 0 spiro atoms. The molecule has 2 fully saturated rings. The highest BCUT2D eigenvalue weighted by molar-refractivity contribution is 7.93. The lowest BCUT2D eigenvalue weighted by Crippen LogP contribution is -2.56. The zero-order chi connectivity index (χ0) is 30.9. The summed E-state index contributed by atoms with van der Waals surface area (Å²) in [6.45, 7) is 6.10. The molecule has 4 rings (SSSR count). The topological polar surface area (TPSA) is 71.5 Å². The van der Waals surface area contributed by atoms with Crippen LogP contribution in [-0.2, 0) is 19.7 Å². The summed E-state index contributed by atoms with van der Waals surface area (Å²) < 4.78 is 106. The van der Waals surface area contributed by atoms with Crippen molar-refractivity contribution in [2.45, 2.75) is 103 Å². The molecule has 0 amide bonds. The first-order valence-electron chi connectivity index (χ1n) is 13.6. The first kappa shape index (κ1) is 36.8. The van der Waals surface area contributed by atoms with Crippen molar-refractivity contribution < 1.29 is 34.4 Å². The minimum absolute atomic E-state index is 0. The number of rotatable bonds is 6. The monoisotopic (exact) mass is 675 g/mol. The number of hydrogen-bond acceptors (Lipinski definition) is 5. The van der Waals surface area contributed by atoms with Gasteiger partial charge in [-0.05, 0) is 102 Å². The molecule has 1 aliphatic carbocycles. The number of alkyl halides is 2. The summed E-state index contributed by atoms with van der Waals surface area (Å²) >= 11 is 5.81. The summed E-state index contributed by atoms with van der Waals surface area (Å²) in [5, 5.41) is 0. The van der Waals surface area contributed by atoms with Crippen LogP contribution in [0, 0.1) is 11.6 Å². The number of sulfone groups is 2. The number of hydrogen-bond donors (Lipinski definition) is 0. The Morgan fingerprint density at radius 1 is 0.690 bits per heavy atom. The van der Waals surface area contributed by atoms with E-state index in [0.717, 1.165) is 24.6 Å². The number of halogens is 6. The van der Waals surface area contributed by atoms with Crippen molar-refractivity contribution in [3.8, 4) is 0 Å². The summed E-state index contributed by atoms with van der Waals surface area (Å²) in [6, 6.07) is 9.49. The van der Waals surface area contributed by atoms with E-state index in [1.54, 1.807) is 0 Å². The first-order valence-corrected chi connectivity index (χ1v) is 16.9. The SMILES string of the molecule is CC(C)(C1(F)CCCCC1)S(=O)(=O)c1cccc(F)c1.CC(C)(C1(F)CCN(Cl)CC1)S(=O)(=O)c1cccc(F)c1.Cl. The van der Waals surface area contributed by atoms with Gasteiger partial charge in [-0.1, -0.05) is 31.4 Å². The number of piperidine rings is 1. The largest absolute Gasteiger partial charge is 0.242 e. The Morgan fingerprint density at radius 3 is 1.40 bits per heavy atom. The van der Waals surface area contributed by atoms with Crippen LogP contribution in [0.1, 0.15) is 72.6 Å². The fourth-order valence-corrected chi connectivity index (χ4v) is 9.26. The van der Waals surface area contributed by atoms with Gasteiger partial charge < -0.3 is 0 Å². The lowest BCUT2D eigenvalue weighted by Gasteiger charge is -2.43. The molecule has 238 valence electrons. The van der Waals surface area contributed by atoms with Gasteiger partial charge in [-0.2, -0.15) is 0 Å². The molecule has 1 aliphatic heterocycles. The second kappa shape index (κ2) is 13.3. The molecular weight excluding hydrogens is 637 g/mol. The molecule has 2 aromatic rings. The van der Waals surface area contributed by atoms with E-state index in [-0.39, 0.29) is 61.0 Å². The Morgan fingerprint density at radius 2 is 1.05 bits per heavy atom. The van der Waals surface area contributed by atoms with Gasteiger partial charge in [0.1, 0.15) is 32.5 Å². The molecule has 0 N–H and O–H groups in total. The average molecular weight is 677 g/mol. The van der Waals surface area contributed by atoms with Crippen LogP contribution < -0.4 is 0 Å². The van der Waals surface area contributed by atoms with Crippen LogP contribution in [0.2, 0.25) is 0 Å². The lowest BCUT2D eigenvalue weighted by molar-refractivity contribution is 0.0549. The Kier molecular flexibility index (Phi) is 11.7. The van der Waals surface area contributed by atoms with Crippen molar-refractivity contribution in [3.05, 3.63) is 60.2 Å². The van der Waals surface area contributed by atoms with E-state index >= 15 is 8.78 Å². The highest BCUT2D eigenvalue weighted by Gasteiger charge is 2.56. The van der Waals surface area contributed by atoms with Crippen molar-refractivity contribution in [2.24, 2.45) is 0 Å². The van der Waals surface area contributed by atoms with Crippen LogP contribution in [0.3, 0.4) is 0 Å². The molecule has 13 heteroatoms.